The summed E-state index contributed by atoms with van der Waals surface area (Å²) >= 11 is 13.2. The van der Waals surface area contributed by atoms with Gasteiger partial charge in [-0.3, -0.25) is 0 Å². The van der Waals surface area contributed by atoms with Crippen LogP contribution in [0.15, 0.2) is 6.58 Å². The monoisotopic (exact) mass is 244 g/mol. The Morgan fingerprint density at radius 1 is 1.36 bits per heavy atom. The largest absolute Gasteiger partial charge is 0.224 e. The number of fused-ring (bicyclic) bond motifs is 1. The topological polar surface area (TPSA) is 25.8 Å². The Morgan fingerprint density at radius 2 is 2.07 bits per heavy atom. The summed E-state index contributed by atoms with van der Waals surface area (Å²) in [7, 11) is 0. The van der Waals surface area contributed by atoms with Gasteiger partial charge in [-0.1, -0.05) is 24.3 Å². The van der Waals surface area contributed by atoms with Crippen molar-refractivity contribution in [3.05, 3.63) is 27.5 Å². The molecular weight excluding hydrogens is 239 g/mol. The van der Waals surface area contributed by atoms with E-state index in [4.69, 9.17) is 23.2 Å². The van der Waals surface area contributed by atoms with Crippen LogP contribution in [-0.2, 0) is 0 Å². The van der Waals surface area contributed by atoms with Crippen molar-refractivity contribution in [2.45, 2.75) is 6.92 Å². The number of aryl methyl sites for hydroxylation is 1. The van der Waals surface area contributed by atoms with Crippen LogP contribution in [-0.4, -0.2) is 9.97 Å². The fraction of sp³-hybridized carbons (Fsp3) is 0.111. The van der Waals surface area contributed by atoms with E-state index in [0.29, 0.717) is 5.15 Å². The molecule has 2 rings (SSSR count). The summed E-state index contributed by atoms with van der Waals surface area (Å²) in [5.74, 6) is 0. The fourth-order valence-corrected chi connectivity index (χ4v) is 2.72. The second kappa shape index (κ2) is 3.50. The number of thiophene rings is 1. The van der Waals surface area contributed by atoms with Crippen LogP contribution >= 0.6 is 34.5 Å². The lowest BCUT2D eigenvalue weighted by atomic mass is 10.2. The molecule has 0 atom stereocenters. The second-order valence-electron chi connectivity index (χ2n) is 2.76. The van der Waals surface area contributed by atoms with Gasteiger partial charge in [-0.05, 0) is 24.1 Å². The van der Waals surface area contributed by atoms with Crippen molar-refractivity contribution < 1.29 is 0 Å². The maximum Gasteiger partial charge on any atom is 0.224 e. The summed E-state index contributed by atoms with van der Waals surface area (Å²) in [6, 6.07) is 0. The third-order valence-electron chi connectivity index (χ3n) is 1.92. The van der Waals surface area contributed by atoms with Crippen molar-refractivity contribution in [3.63, 3.8) is 0 Å². The number of halogens is 2. The number of rotatable bonds is 1. The maximum absolute atomic E-state index is 5.95. The molecule has 0 aromatic carbocycles. The average molecular weight is 245 g/mol. The van der Waals surface area contributed by atoms with E-state index in [0.717, 1.165) is 20.7 Å². The Bertz CT molecular complexity index is 519. The van der Waals surface area contributed by atoms with Crippen LogP contribution in [0.4, 0.5) is 0 Å². The summed E-state index contributed by atoms with van der Waals surface area (Å²) in [5, 5.41) is 0.584. The van der Waals surface area contributed by atoms with E-state index in [1.165, 1.54) is 11.3 Å². The fourth-order valence-electron chi connectivity index (χ4n) is 1.24. The molecule has 0 N–H and O–H groups in total. The van der Waals surface area contributed by atoms with Crippen molar-refractivity contribution in [2.75, 3.05) is 0 Å². The lowest BCUT2D eigenvalue weighted by Gasteiger charge is -1.94. The van der Waals surface area contributed by atoms with Crippen LogP contribution in [0, 0.1) is 6.92 Å². The first-order valence-corrected chi connectivity index (χ1v) is 5.45. The molecule has 2 aromatic heterocycles. The zero-order valence-electron chi connectivity index (χ0n) is 7.34. The van der Waals surface area contributed by atoms with Gasteiger partial charge in [-0.25, -0.2) is 9.97 Å². The number of aromatic nitrogens is 2. The van der Waals surface area contributed by atoms with Gasteiger partial charge in [0.25, 0.3) is 0 Å². The molecule has 0 aliphatic heterocycles. The van der Waals surface area contributed by atoms with Crippen molar-refractivity contribution in [2.24, 2.45) is 0 Å². The summed E-state index contributed by atoms with van der Waals surface area (Å²) in [6.45, 7) is 5.69. The lowest BCUT2D eigenvalue weighted by Crippen LogP contribution is -1.84. The third kappa shape index (κ3) is 1.41. The van der Waals surface area contributed by atoms with Crippen LogP contribution in [0.5, 0.6) is 0 Å². The van der Waals surface area contributed by atoms with Crippen molar-refractivity contribution >= 4 is 50.8 Å². The predicted octanol–water partition coefficient (Wildman–Crippen LogP) is 3.95. The molecule has 0 saturated heterocycles. The van der Waals surface area contributed by atoms with Crippen molar-refractivity contribution in [1.82, 2.24) is 9.97 Å². The number of hydrogen-bond acceptors (Lipinski definition) is 3. The highest BCUT2D eigenvalue weighted by atomic mass is 35.5. The average Bonchev–Trinajstić information content (AvgIpc) is 2.44. The van der Waals surface area contributed by atoms with E-state index >= 15 is 0 Å². The Hall–Kier alpha value is -0.640. The third-order valence-corrected chi connectivity index (χ3v) is 3.76. The van der Waals surface area contributed by atoms with Crippen molar-refractivity contribution in [3.8, 4) is 0 Å². The molecule has 2 aromatic rings. The van der Waals surface area contributed by atoms with Crippen LogP contribution in [0.25, 0.3) is 16.3 Å². The standard InChI is InChI=1S/C9H6Cl2N2S/c1-3-5-4(2)6-7(14-5)8(10)13-9(11)12-6/h3H,1H2,2H3. The summed E-state index contributed by atoms with van der Waals surface area (Å²) in [4.78, 5) is 9.08. The van der Waals surface area contributed by atoms with Gasteiger partial charge in [0.15, 0.2) is 5.15 Å². The zero-order valence-corrected chi connectivity index (χ0v) is 9.67. The van der Waals surface area contributed by atoms with E-state index in [-0.39, 0.29) is 5.28 Å². The van der Waals surface area contributed by atoms with Gasteiger partial charge in [-0.2, -0.15) is 0 Å². The van der Waals surface area contributed by atoms with Gasteiger partial charge in [-0.15, -0.1) is 11.3 Å². The highest BCUT2D eigenvalue weighted by Crippen LogP contribution is 2.34. The number of nitrogens with zero attached hydrogens (tertiary/aromatic N) is 2. The summed E-state index contributed by atoms with van der Waals surface area (Å²) in [6.07, 6.45) is 1.78. The molecule has 0 radical (unpaired) electrons. The highest BCUT2D eigenvalue weighted by molar-refractivity contribution is 7.20. The molecule has 0 amide bonds. The molecule has 0 spiro atoms. The molecule has 5 heteroatoms. The van der Waals surface area contributed by atoms with Crippen LogP contribution in [0.3, 0.4) is 0 Å². The van der Waals surface area contributed by atoms with E-state index in [1.54, 1.807) is 6.08 Å². The molecule has 0 bridgehead atoms. The summed E-state index contributed by atoms with van der Waals surface area (Å²) < 4.78 is 0.864. The Morgan fingerprint density at radius 3 is 2.71 bits per heavy atom. The Balaban J connectivity index is 2.91. The van der Waals surface area contributed by atoms with Gasteiger partial charge in [0.1, 0.15) is 0 Å². The van der Waals surface area contributed by atoms with Gasteiger partial charge < -0.3 is 0 Å². The quantitative estimate of drug-likeness (QED) is 0.561. The van der Waals surface area contributed by atoms with E-state index in [2.05, 4.69) is 16.5 Å². The molecule has 0 saturated carbocycles. The Labute approximate surface area is 95.2 Å². The molecule has 0 aliphatic carbocycles. The van der Waals surface area contributed by atoms with Gasteiger partial charge in [0, 0.05) is 4.88 Å². The van der Waals surface area contributed by atoms with Gasteiger partial charge >= 0.3 is 0 Å². The Kier molecular flexibility index (Phi) is 2.47. The zero-order chi connectivity index (χ0) is 10.3. The number of hydrogen-bond donors (Lipinski definition) is 0. The minimum atomic E-state index is 0.180. The molecule has 0 fully saturated rings. The lowest BCUT2D eigenvalue weighted by molar-refractivity contribution is 1.22. The van der Waals surface area contributed by atoms with Crippen LogP contribution < -0.4 is 0 Å². The van der Waals surface area contributed by atoms with Crippen LogP contribution in [0.2, 0.25) is 10.4 Å². The van der Waals surface area contributed by atoms with Crippen LogP contribution in [0.1, 0.15) is 10.4 Å². The second-order valence-corrected chi connectivity index (χ2v) is 4.50. The molecule has 0 aliphatic rings. The van der Waals surface area contributed by atoms with E-state index < -0.39 is 0 Å². The maximum atomic E-state index is 5.95. The molecule has 14 heavy (non-hydrogen) atoms. The molecule has 72 valence electrons. The normalized spacial score (nSPS) is 10.8. The van der Waals surface area contributed by atoms with Gasteiger partial charge in [0.2, 0.25) is 5.28 Å². The predicted molar refractivity (Wildman–Crippen MR) is 62.3 cm³/mol. The van der Waals surface area contributed by atoms with Crippen molar-refractivity contribution in [1.29, 1.82) is 0 Å². The minimum absolute atomic E-state index is 0.180. The first-order chi connectivity index (χ1) is 6.63. The molecular formula is C9H6Cl2N2S. The first kappa shape index (κ1) is 9.90. The molecule has 0 unspecified atom stereocenters. The summed E-state index contributed by atoms with van der Waals surface area (Å²) in [5.41, 5.74) is 1.86. The smallest absolute Gasteiger partial charge is 0.217 e. The SMILES string of the molecule is C=Cc1sc2c(Cl)nc(Cl)nc2c1C. The first-order valence-electron chi connectivity index (χ1n) is 3.88. The molecule has 2 heterocycles. The van der Waals surface area contributed by atoms with E-state index in [9.17, 15) is 0 Å². The molecule has 2 nitrogen and oxygen atoms in total. The van der Waals surface area contributed by atoms with Gasteiger partial charge in [0.05, 0.1) is 10.2 Å². The minimum Gasteiger partial charge on any atom is -0.217 e. The highest BCUT2D eigenvalue weighted by Gasteiger charge is 2.12. The van der Waals surface area contributed by atoms with E-state index in [1.807, 2.05) is 6.92 Å².